The molecule has 0 fully saturated rings. The molecule has 34 heavy (non-hydrogen) atoms. The lowest BCUT2D eigenvalue weighted by atomic mass is 9.95. The molecular weight excluding hydrogens is 468 g/mol. The molecule has 0 saturated heterocycles. The van der Waals surface area contributed by atoms with Gasteiger partial charge in [-0.15, -0.1) is 11.3 Å². The van der Waals surface area contributed by atoms with Gasteiger partial charge < -0.3 is 25.3 Å². The highest BCUT2D eigenvalue weighted by atomic mass is 32.1. The Morgan fingerprint density at radius 3 is 2.71 bits per heavy atom. The van der Waals surface area contributed by atoms with Gasteiger partial charge in [0.1, 0.15) is 10.0 Å². The quantitative estimate of drug-likeness (QED) is 0.391. The summed E-state index contributed by atoms with van der Waals surface area (Å²) in [5.74, 6) is -0.387. The number of esters is 1. The first-order valence-electron chi connectivity index (χ1n) is 12.0. The number of hydrogen-bond acceptors (Lipinski definition) is 7. The van der Waals surface area contributed by atoms with Crippen LogP contribution in [0.15, 0.2) is 24.5 Å². The summed E-state index contributed by atoms with van der Waals surface area (Å²) in [6.45, 7) is 3.75. The van der Waals surface area contributed by atoms with Crippen molar-refractivity contribution < 1.29 is 14.3 Å². The first kappa shape index (κ1) is 23.0. The number of amides is 1. The van der Waals surface area contributed by atoms with Crippen LogP contribution < -0.4 is 16.0 Å². The Morgan fingerprint density at radius 1 is 1.09 bits per heavy atom. The number of carbonyl (C=O) groups is 2. The Balaban J connectivity index is 1.28. The monoisotopic (exact) mass is 498 g/mol. The fraction of sp³-hybridized carbons (Fsp3) is 0.440. The number of hydrogen-bond donors (Lipinski definition) is 3. The molecule has 5 rings (SSSR count). The maximum atomic E-state index is 12.8. The number of thiophene rings is 2. The number of carbonyl (C=O) groups excluding carboxylic acids is 2. The van der Waals surface area contributed by atoms with Crippen molar-refractivity contribution in [1.82, 2.24) is 9.88 Å². The fourth-order valence-corrected chi connectivity index (χ4v) is 7.28. The molecule has 1 aliphatic heterocycles. The minimum atomic E-state index is -0.293. The number of fused-ring (bicyclic) bond motifs is 2. The van der Waals surface area contributed by atoms with E-state index < -0.39 is 0 Å². The molecule has 9 heteroatoms. The second-order valence-electron chi connectivity index (χ2n) is 8.58. The number of anilines is 2. The lowest BCUT2D eigenvalue weighted by Crippen LogP contribution is -2.30. The highest BCUT2D eigenvalue weighted by Gasteiger charge is 2.27. The van der Waals surface area contributed by atoms with E-state index in [4.69, 9.17) is 4.74 Å². The Labute approximate surface area is 207 Å². The molecule has 3 N–H and O–H groups in total. The van der Waals surface area contributed by atoms with Crippen molar-refractivity contribution in [1.29, 1.82) is 0 Å². The zero-order valence-electron chi connectivity index (χ0n) is 19.4. The van der Waals surface area contributed by atoms with Gasteiger partial charge in [-0.1, -0.05) is 11.3 Å². The van der Waals surface area contributed by atoms with Gasteiger partial charge in [-0.3, -0.25) is 4.79 Å². The molecule has 3 aromatic rings. The molecule has 1 amide bonds. The lowest BCUT2D eigenvalue weighted by molar-refractivity contribution is -0.119. The summed E-state index contributed by atoms with van der Waals surface area (Å²) in [5, 5.41) is 12.9. The summed E-state index contributed by atoms with van der Waals surface area (Å²) < 4.78 is 7.44. The fourth-order valence-electron chi connectivity index (χ4n) is 4.74. The molecule has 0 spiro atoms. The third-order valence-electron chi connectivity index (χ3n) is 6.35. The standard InChI is InChI=1S/C25H30N4O3S2/c1-2-32-25(31)21-17-8-3-4-10-19(17)33-23(21)28-15-20(30)27-14-18-16-9-7-11-26-22(16)34-24(18)29-12-5-6-13-29/h5-6,12-13,26,28H,2-4,7-11,14-15H2,1H3,(H,27,30). The number of nitrogens with zero attached hydrogens (tertiary/aromatic N) is 1. The van der Waals surface area contributed by atoms with Crippen molar-refractivity contribution in [3.63, 3.8) is 0 Å². The van der Waals surface area contributed by atoms with Gasteiger partial charge in [0.15, 0.2) is 0 Å². The Bertz CT molecular complexity index is 1180. The molecule has 1 aliphatic carbocycles. The Morgan fingerprint density at radius 2 is 1.88 bits per heavy atom. The highest BCUT2D eigenvalue weighted by Crippen LogP contribution is 2.40. The van der Waals surface area contributed by atoms with Gasteiger partial charge >= 0.3 is 5.97 Å². The van der Waals surface area contributed by atoms with Crippen LogP contribution in [0, 0.1) is 0 Å². The molecule has 0 aromatic carbocycles. The lowest BCUT2D eigenvalue weighted by Gasteiger charge is -2.15. The van der Waals surface area contributed by atoms with E-state index in [0.717, 1.165) is 60.6 Å². The molecule has 4 heterocycles. The van der Waals surface area contributed by atoms with E-state index in [1.807, 2.05) is 31.5 Å². The SMILES string of the molecule is CCOC(=O)c1c(NCC(=O)NCc2c(-n3cccc3)sc3c2CCCN3)sc2c1CCCC2. The summed E-state index contributed by atoms with van der Waals surface area (Å²) >= 11 is 3.33. The van der Waals surface area contributed by atoms with Gasteiger partial charge in [0.05, 0.1) is 23.7 Å². The van der Waals surface area contributed by atoms with Crippen molar-refractivity contribution in [2.75, 3.05) is 30.3 Å². The zero-order chi connectivity index (χ0) is 23.5. The topological polar surface area (TPSA) is 84.4 Å². The third kappa shape index (κ3) is 4.59. The summed E-state index contributed by atoms with van der Waals surface area (Å²) in [5.41, 5.74) is 4.22. The molecule has 180 valence electrons. The molecule has 0 saturated carbocycles. The van der Waals surface area contributed by atoms with Crippen molar-refractivity contribution in [2.24, 2.45) is 0 Å². The van der Waals surface area contributed by atoms with Crippen LogP contribution in [0.3, 0.4) is 0 Å². The van der Waals surface area contributed by atoms with E-state index in [9.17, 15) is 9.59 Å². The van der Waals surface area contributed by atoms with Gasteiger partial charge in [0, 0.05) is 35.9 Å². The normalized spacial score (nSPS) is 14.6. The third-order valence-corrected chi connectivity index (χ3v) is 8.84. The van der Waals surface area contributed by atoms with Crippen LogP contribution in [0.2, 0.25) is 0 Å². The second-order valence-corrected chi connectivity index (χ2v) is 10.7. The van der Waals surface area contributed by atoms with Crippen LogP contribution in [-0.4, -0.2) is 36.1 Å². The Kier molecular flexibility index (Phi) is 6.92. The molecule has 2 aliphatic rings. The van der Waals surface area contributed by atoms with Gasteiger partial charge in [-0.2, -0.15) is 0 Å². The molecule has 0 radical (unpaired) electrons. The number of aromatic nitrogens is 1. The van der Waals surface area contributed by atoms with E-state index in [0.29, 0.717) is 18.7 Å². The molecule has 0 unspecified atom stereocenters. The van der Waals surface area contributed by atoms with Crippen molar-refractivity contribution in [2.45, 2.75) is 52.0 Å². The van der Waals surface area contributed by atoms with E-state index >= 15 is 0 Å². The summed E-state index contributed by atoms with van der Waals surface area (Å²) in [6.07, 6.45) is 10.3. The maximum Gasteiger partial charge on any atom is 0.341 e. The van der Waals surface area contributed by atoms with Crippen molar-refractivity contribution in [3.05, 3.63) is 51.7 Å². The summed E-state index contributed by atoms with van der Waals surface area (Å²) in [6, 6.07) is 4.03. The predicted octanol–water partition coefficient (Wildman–Crippen LogP) is 4.74. The smallest absolute Gasteiger partial charge is 0.341 e. The van der Waals surface area contributed by atoms with E-state index in [2.05, 4.69) is 20.5 Å². The van der Waals surface area contributed by atoms with Crippen molar-refractivity contribution >= 4 is 44.6 Å². The first-order chi connectivity index (χ1) is 16.7. The van der Waals surface area contributed by atoms with Gasteiger partial charge in [-0.25, -0.2) is 4.79 Å². The van der Waals surface area contributed by atoms with Crippen LogP contribution in [-0.2, 0) is 35.3 Å². The second kappa shape index (κ2) is 10.2. The molecule has 0 atom stereocenters. The van der Waals surface area contributed by atoms with E-state index in [1.54, 1.807) is 22.7 Å². The largest absolute Gasteiger partial charge is 0.462 e. The van der Waals surface area contributed by atoms with Crippen LogP contribution in [0.5, 0.6) is 0 Å². The van der Waals surface area contributed by atoms with Crippen LogP contribution in [0.25, 0.3) is 5.00 Å². The summed E-state index contributed by atoms with van der Waals surface area (Å²) in [7, 11) is 0. The zero-order valence-corrected chi connectivity index (χ0v) is 21.0. The van der Waals surface area contributed by atoms with Crippen LogP contribution >= 0.6 is 22.7 Å². The number of nitrogens with one attached hydrogen (secondary N) is 3. The maximum absolute atomic E-state index is 12.8. The van der Waals surface area contributed by atoms with Crippen molar-refractivity contribution in [3.8, 4) is 5.00 Å². The predicted molar refractivity (Wildman–Crippen MR) is 138 cm³/mol. The van der Waals surface area contributed by atoms with Crippen LogP contribution in [0.1, 0.15) is 58.1 Å². The van der Waals surface area contributed by atoms with E-state index in [-0.39, 0.29) is 18.4 Å². The molecular formula is C25H30N4O3S2. The summed E-state index contributed by atoms with van der Waals surface area (Å²) in [4.78, 5) is 26.7. The van der Waals surface area contributed by atoms with Gasteiger partial charge in [-0.05, 0) is 68.7 Å². The number of ether oxygens (including phenoxy) is 1. The molecule has 7 nitrogen and oxygen atoms in total. The van der Waals surface area contributed by atoms with Crippen LogP contribution in [0.4, 0.5) is 10.0 Å². The minimum absolute atomic E-state index is 0.0941. The minimum Gasteiger partial charge on any atom is -0.462 e. The van der Waals surface area contributed by atoms with E-state index in [1.165, 1.54) is 21.0 Å². The van der Waals surface area contributed by atoms with Gasteiger partial charge in [0.25, 0.3) is 0 Å². The Hall–Kier alpha value is -2.78. The number of rotatable bonds is 8. The average molecular weight is 499 g/mol. The molecule has 0 bridgehead atoms. The average Bonchev–Trinajstić information content (AvgIpc) is 3.58. The first-order valence-corrected chi connectivity index (χ1v) is 13.6. The van der Waals surface area contributed by atoms with Gasteiger partial charge in [0.2, 0.25) is 5.91 Å². The number of aryl methyl sites for hydroxylation is 1. The molecule has 3 aromatic heterocycles. The highest BCUT2D eigenvalue weighted by molar-refractivity contribution is 7.19.